The van der Waals surface area contributed by atoms with Gasteiger partial charge in [-0.2, -0.15) is 18.3 Å². The Bertz CT molecular complexity index is 1240. The number of carbonyl (C=O) groups excluding carboxylic acids is 2. The van der Waals surface area contributed by atoms with Gasteiger partial charge in [0.1, 0.15) is 17.9 Å². The average Bonchev–Trinajstić information content (AvgIpc) is 3.41. The Hall–Kier alpha value is -3.81. The summed E-state index contributed by atoms with van der Waals surface area (Å²) in [5.74, 6) is 0.0511. The van der Waals surface area contributed by atoms with Gasteiger partial charge in [0.15, 0.2) is 11.5 Å². The molecule has 0 saturated carbocycles. The second-order valence-corrected chi connectivity index (χ2v) is 8.72. The molecule has 3 amide bonds. The lowest BCUT2D eigenvalue weighted by Gasteiger charge is -2.40. The van der Waals surface area contributed by atoms with E-state index in [4.69, 9.17) is 5.73 Å². The van der Waals surface area contributed by atoms with Crippen LogP contribution in [0, 0.1) is 6.92 Å². The molecular weight excluding hydrogens is 467 g/mol. The predicted molar refractivity (Wildman–Crippen MR) is 120 cm³/mol. The number of aromatic amines is 1. The Kier molecular flexibility index (Phi) is 5.54. The molecular formula is C21H24F3N9O2. The van der Waals surface area contributed by atoms with E-state index in [0.717, 1.165) is 24.4 Å². The maximum Gasteiger partial charge on any atom is 0.405 e. The first-order valence-electron chi connectivity index (χ1n) is 11.1. The number of dihydropyridines is 1. The quantitative estimate of drug-likeness (QED) is 0.427. The van der Waals surface area contributed by atoms with Crippen molar-refractivity contribution in [3.63, 3.8) is 0 Å². The molecule has 3 aliphatic rings. The summed E-state index contributed by atoms with van der Waals surface area (Å²) in [6.07, 6.45) is -0.640. The molecule has 0 aliphatic carbocycles. The number of carbonyl (C=O) groups is 2. The van der Waals surface area contributed by atoms with Crippen molar-refractivity contribution in [2.45, 2.75) is 37.6 Å². The predicted octanol–water partition coefficient (Wildman–Crippen LogP) is 0.891. The number of nitrogens with one attached hydrogen (secondary N) is 4. The summed E-state index contributed by atoms with van der Waals surface area (Å²) >= 11 is 0. The topological polar surface area (TPSA) is 144 Å². The van der Waals surface area contributed by atoms with Crippen LogP contribution in [0.15, 0.2) is 35.8 Å². The maximum absolute atomic E-state index is 13.4. The summed E-state index contributed by atoms with van der Waals surface area (Å²) in [6, 6.07) is -0.121. The lowest BCUT2D eigenvalue weighted by molar-refractivity contribution is -0.147. The highest BCUT2D eigenvalue weighted by Crippen LogP contribution is 2.34. The van der Waals surface area contributed by atoms with E-state index in [1.54, 1.807) is 17.1 Å². The van der Waals surface area contributed by atoms with Crippen LogP contribution in [0.3, 0.4) is 0 Å². The minimum absolute atomic E-state index is 0.152. The lowest BCUT2D eigenvalue weighted by Crippen LogP contribution is -2.57. The molecule has 0 spiro atoms. The van der Waals surface area contributed by atoms with Crippen LogP contribution >= 0.6 is 0 Å². The molecule has 1 fully saturated rings. The molecule has 186 valence electrons. The monoisotopic (exact) mass is 491 g/mol. The second kappa shape index (κ2) is 8.45. The van der Waals surface area contributed by atoms with E-state index in [2.05, 4.69) is 36.0 Å². The fraction of sp³-hybridized carbons (Fsp3) is 0.429. The molecule has 2 aromatic rings. The minimum Gasteiger partial charge on any atom is -0.366 e. The van der Waals surface area contributed by atoms with Gasteiger partial charge in [-0.1, -0.05) is 6.08 Å². The number of nitrogens with zero attached hydrogens (tertiary/aromatic N) is 4. The summed E-state index contributed by atoms with van der Waals surface area (Å²) in [5.41, 5.74) is 7.16. The molecule has 2 aromatic heterocycles. The van der Waals surface area contributed by atoms with E-state index in [-0.39, 0.29) is 6.04 Å². The highest BCUT2D eigenvalue weighted by molar-refractivity contribution is 5.98. The number of pyridine rings is 1. The average molecular weight is 491 g/mol. The highest BCUT2D eigenvalue weighted by Gasteiger charge is 2.43. The molecule has 5 rings (SSSR count). The number of fused-ring (bicyclic) bond motifs is 4. The highest BCUT2D eigenvalue weighted by atomic mass is 19.4. The van der Waals surface area contributed by atoms with E-state index in [9.17, 15) is 22.8 Å². The first-order chi connectivity index (χ1) is 16.6. The van der Waals surface area contributed by atoms with Gasteiger partial charge in [0, 0.05) is 25.3 Å². The lowest BCUT2D eigenvalue weighted by atomic mass is 10.1. The smallest absolute Gasteiger partial charge is 0.366 e. The number of alkyl halides is 3. The Morgan fingerprint density at radius 1 is 1.34 bits per heavy atom. The fourth-order valence-corrected chi connectivity index (χ4v) is 4.45. The molecule has 11 nitrogen and oxygen atoms in total. The first-order valence-corrected chi connectivity index (χ1v) is 11.1. The Balaban J connectivity index is 1.34. The normalized spacial score (nSPS) is 22.2. The molecule has 14 heteroatoms. The van der Waals surface area contributed by atoms with Gasteiger partial charge in [-0.05, 0) is 31.6 Å². The summed E-state index contributed by atoms with van der Waals surface area (Å²) in [6.45, 7) is 2.44. The Morgan fingerprint density at radius 2 is 2.14 bits per heavy atom. The van der Waals surface area contributed by atoms with Gasteiger partial charge in [-0.15, -0.1) is 0 Å². The zero-order valence-corrected chi connectivity index (χ0v) is 18.7. The number of hydrogen-bond acceptors (Lipinski definition) is 7. The molecule has 6 N–H and O–H groups in total. The van der Waals surface area contributed by atoms with Crippen molar-refractivity contribution in [2.75, 3.05) is 25.0 Å². The van der Waals surface area contributed by atoms with E-state index in [0.29, 0.717) is 29.2 Å². The van der Waals surface area contributed by atoms with Crippen LogP contribution in [-0.4, -0.2) is 80.9 Å². The van der Waals surface area contributed by atoms with Gasteiger partial charge in [0.25, 0.3) is 0 Å². The molecule has 3 aliphatic heterocycles. The third-order valence-corrected chi connectivity index (χ3v) is 6.30. The number of anilines is 1. The molecule has 2 unspecified atom stereocenters. The van der Waals surface area contributed by atoms with Crippen LogP contribution in [-0.2, 0) is 4.79 Å². The first kappa shape index (κ1) is 23.0. The van der Waals surface area contributed by atoms with Crippen LogP contribution in [0.5, 0.6) is 0 Å². The maximum atomic E-state index is 13.4. The molecule has 5 heterocycles. The van der Waals surface area contributed by atoms with E-state index in [1.165, 1.54) is 0 Å². The number of aromatic nitrogens is 3. The third-order valence-electron chi connectivity index (χ3n) is 6.30. The minimum atomic E-state index is -4.62. The summed E-state index contributed by atoms with van der Waals surface area (Å²) in [4.78, 5) is 34.0. The van der Waals surface area contributed by atoms with Gasteiger partial charge in [0.2, 0.25) is 5.91 Å². The van der Waals surface area contributed by atoms with Gasteiger partial charge in [0.05, 0.1) is 17.1 Å². The van der Waals surface area contributed by atoms with Crippen LogP contribution in [0.25, 0.3) is 11.0 Å². The van der Waals surface area contributed by atoms with Crippen molar-refractivity contribution >= 4 is 28.8 Å². The van der Waals surface area contributed by atoms with Crippen molar-refractivity contribution < 1.29 is 22.8 Å². The Morgan fingerprint density at radius 3 is 2.91 bits per heavy atom. The third kappa shape index (κ3) is 4.24. The SMILES string of the molecule is Cc1ccc2c(NC(=O)N3C4=C(C=CC(C(=O)NCC(N)C(F)(F)F)N4)N4CC[C@H]3C4)n[nH]c2n1. The van der Waals surface area contributed by atoms with Gasteiger partial charge >= 0.3 is 12.2 Å². The van der Waals surface area contributed by atoms with Crippen LogP contribution < -0.4 is 21.7 Å². The van der Waals surface area contributed by atoms with Crippen molar-refractivity contribution in [1.82, 2.24) is 35.6 Å². The molecule has 2 bridgehead atoms. The fourth-order valence-electron chi connectivity index (χ4n) is 4.45. The molecule has 0 aromatic carbocycles. The number of allylic oxidation sites excluding steroid dienone is 1. The number of nitrogens with two attached hydrogens (primary N) is 1. The molecule has 3 atom stereocenters. The van der Waals surface area contributed by atoms with E-state index < -0.39 is 36.7 Å². The number of amides is 3. The van der Waals surface area contributed by atoms with E-state index >= 15 is 0 Å². The van der Waals surface area contributed by atoms with Crippen molar-refractivity contribution in [3.8, 4) is 0 Å². The zero-order chi connectivity index (χ0) is 24.9. The Labute approximate surface area is 197 Å². The number of urea groups is 1. The van der Waals surface area contributed by atoms with Gasteiger partial charge < -0.3 is 21.3 Å². The zero-order valence-electron chi connectivity index (χ0n) is 18.7. The largest absolute Gasteiger partial charge is 0.405 e. The van der Waals surface area contributed by atoms with Crippen LogP contribution in [0.4, 0.5) is 23.8 Å². The van der Waals surface area contributed by atoms with Crippen molar-refractivity contribution in [3.05, 3.63) is 41.5 Å². The van der Waals surface area contributed by atoms with E-state index in [1.807, 2.05) is 19.1 Å². The standard InChI is InChI=1S/C21H24F3N9O2/c1-10-2-3-12-16(27-10)30-31-17(12)29-20(35)33-11-6-7-32(9-11)14-5-4-13(28-18(14)33)19(34)26-8-15(25)21(22,23)24/h2-5,11,13,15,28H,6-9,25H2,1H3,(H,26,34)(H2,27,29,30,31,35)/t11-,13?,15?/m0/s1. The van der Waals surface area contributed by atoms with Crippen LogP contribution in [0.1, 0.15) is 12.1 Å². The molecule has 0 radical (unpaired) electrons. The van der Waals surface area contributed by atoms with Crippen LogP contribution in [0.2, 0.25) is 0 Å². The molecule has 35 heavy (non-hydrogen) atoms. The number of halogens is 3. The summed E-state index contributed by atoms with van der Waals surface area (Å²) in [5, 5.41) is 15.7. The number of hydrogen-bond donors (Lipinski definition) is 5. The number of H-pyrrole nitrogens is 1. The summed E-state index contributed by atoms with van der Waals surface area (Å²) in [7, 11) is 0. The second-order valence-electron chi connectivity index (χ2n) is 8.72. The van der Waals surface area contributed by atoms with Crippen molar-refractivity contribution in [2.24, 2.45) is 5.73 Å². The number of rotatable bonds is 4. The van der Waals surface area contributed by atoms with Gasteiger partial charge in [-0.25, -0.2) is 9.78 Å². The van der Waals surface area contributed by atoms with Gasteiger partial charge in [-0.3, -0.25) is 20.1 Å². The number of aryl methyl sites for hydroxylation is 1. The molecule has 1 saturated heterocycles. The van der Waals surface area contributed by atoms with Crippen molar-refractivity contribution in [1.29, 1.82) is 0 Å². The summed E-state index contributed by atoms with van der Waals surface area (Å²) < 4.78 is 38.1.